The first kappa shape index (κ1) is 10.9. The summed E-state index contributed by atoms with van der Waals surface area (Å²) in [6.07, 6.45) is -4.46. The van der Waals surface area contributed by atoms with Crippen LogP contribution >= 0.6 is 0 Å². The second-order valence-electron chi connectivity index (χ2n) is 2.86. The Morgan fingerprint density at radius 1 is 1.29 bits per heavy atom. The molecule has 1 heterocycles. The molecule has 0 aliphatic carbocycles. The van der Waals surface area contributed by atoms with Gasteiger partial charge in [-0.2, -0.15) is 27.1 Å². The normalized spacial score (nSPS) is 13.3. The number of alkyl halides is 5. The standard InChI is InChI=1S/C7H7F5N2/c1-5-2-3-14(13-5)4-6(8,9)7(10,11)12/h2-3H,4H2,1H3. The predicted molar refractivity (Wildman–Crippen MR) is 38.0 cm³/mol. The molecule has 14 heavy (non-hydrogen) atoms. The molecule has 0 atom stereocenters. The lowest BCUT2D eigenvalue weighted by molar-refractivity contribution is -0.287. The monoisotopic (exact) mass is 214 g/mol. The van der Waals surface area contributed by atoms with Gasteiger partial charge in [-0.1, -0.05) is 0 Å². The van der Waals surface area contributed by atoms with Crippen molar-refractivity contribution in [3.8, 4) is 0 Å². The average molecular weight is 214 g/mol. The van der Waals surface area contributed by atoms with Gasteiger partial charge in [-0.3, -0.25) is 4.68 Å². The Morgan fingerprint density at radius 2 is 1.86 bits per heavy atom. The summed E-state index contributed by atoms with van der Waals surface area (Å²) in [4.78, 5) is 0. The second kappa shape index (κ2) is 3.21. The fourth-order valence-electron chi connectivity index (χ4n) is 0.844. The van der Waals surface area contributed by atoms with Crippen LogP contribution in [0.3, 0.4) is 0 Å². The molecule has 0 radical (unpaired) electrons. The zero-order valence-corrected chi connectivity index (χ0v) is 7.15. The molecule has 0 aromatic carbocycles. The highest BCUT2D eigenvalue weighted by Gasteiger charge is 2.57. The molecule has 0 aliphatic rings. The maximum absolute atomic E-state index is 12.4. The third-order valence-electron chi connectivity index (χ3n) is 1.55. The van der Waals surface area contributed by atoms with Crippen molar-refractivity contribution >= 4 is 0 Å². The van der Waals surface area contributed by atoms with Crippen molar-refractivity contribution in [3.05, 3.63) is 18.0 Å². The minimum atomic E-state index is -5.53. The zero-order valence-electron chi connectivity index (χ0n) is 7.15. The number of hydrogen-bond donors (Lipinski definition) is 0. The van der Waals surface area contributed by atoms with Gasteiger partial charge >= 0.3 is 12.1 Å². The van der Waals surface area contributed by atoms with E-state index >= 15 is 0 Å². The van der Waals surface area contributed by atoms with Crippen molar-refractivity contribution in [2.45, 2.75) is 25.6 Å². The van der Waals surface area contributed by atoms with Crippen LogP contribution in [0.5, 0.6) is 0 Å². The van der Waals surface area contributed by atoms with E-state index in [1.165, 1.54) is 13.0 Å². The van der Waals surface area contributed by atoms with Crippen LogP contribution in [-0.4, -0.2) is 21.9 Å². The lowest BCUT2D eigenvalue weighted by Crippen LogP contribution is -2.40. The molecule has 1 rings (SSSR count). The lowest BCUT2D eigenvalue weighted by Gasteiger charge is -2.19. The van der Waals surface area contributed by atoms with Crippen molar-refractivity contribution in [3.63, 3.8) is 0 Å². The average Bonchev–Trinajstić information content (AvgIpc) is 2.31. The molecule has 0 amide bonds. The molecule has 0 fully saturated rings. The second-order valence-corrected chi connectivity index (χ2v) is 2.86. The number of halogens is 5. The molecular weight excluding hydrogens is 207 g/mol. The van der Waals surface area contributed by atoms with E-state index in [-0.39, 0.29) is 0 Å². The van der Waals surface area contributed by atoms with Crippen molar-refractivity contribution < 1.29 is 22.0 Å². The van der Waals surface area contributed by atoms with Gasteiger partial charge in [-0.15, -0.1) is 0 Å². The summed E-state index contributed by atoms with van der Waals surface area (Å²) in [6, 6.07) is 1.35. The van der Waals surface area contributed by atoms with Crippen molar-refractivity contribution in [1.29, 1.82) is 0 Å². The Balaban J connectivity index is 2.78. The van der Waals surface area contributed by atoms with Gasteiger partial charge in [0.1, 0.15) is 6.54 Å². The predicted octanol–water partition coefficient (Wildman–Crippen LogP) is 2.39. The minimum absolute atomic E-state index is 0.392. The third kappa shape index (κ3) is 2.21. The Labute approximate surface area is 76.3 Å². The van der Waals surface area contributed by atoms with Crippen LogP contribution in [0.2, 0.25) is 0 Å². The number of aromatic nitrogens is 2. The van der Waals surface area contributed by atoms with E-state index in [0.29, 0.717) is 10.4 Å². The summed E-state index contributed by atoms with van der Waals surface area (Å²) in [5.41, 5.74) is 0.392. The molecule has 0 aliphatic heterocycles. The Hall–Kier alpha value is -1.14. The summed E-state index contributed by atoms with van der Waals surface area (Å²) in [6.45, 7) is 0.0204. The van der Waals surface area contributed by atoms with E-state index in [4.69, 9.17) is 0 Å². The summed E-state index contributed by atoms with van der Waals surface area (Å²) >= 11 is 0. The molecule has 7 heteroatoms. The highest BCUT2D eigenvalue weighted by atomic mass is 19.4. The van der Waals surface area contributed by atoms with Gasteiger partial charge in [0, 0.05) is 6.20 Å². The van der Waals surface area contributed by atoms with Crippen molar-refractivity contribution in [2.24, 2.45) is 0 Å². The Bertz CT molecular complexity index is 314. The van der Waals surface area contributed by atoms with Gasteiger partial charge in [0.2, 0.25) is 0 Å². The SMILES string of the molecule is Cc1ccn(CC(F)(F)C(F)(F)F)n1. The number of rotatable bonds is 2. The first-order valence-corrected chi connectivity index (χ1v) is 3.67. The quantitative estimate of drug-likeness (QED) is 0.691. The van der Waals surface area contributed by atoms with Crippen LogP contribution < -0.4 is 0 Å². The number of aryl methyl sites for hydroxylation is 1. The van der Waals surface area contributed by atoms with E-state index in [1.54, 1.807) is 0 Å². The van der Waals surface area contributed by atoms with E-state index in [0.717, 1.165) is 6.20 Å². The molecular formula is C7H7F5N2. The summed E-state index contributed by atoms with van der Waals surface area (Å²) in [5.74, 6) is -4.74. The minimum Gasteiger partial charge on any atom is -0.266 e. The molecule has 0 bridgehead atoms. The maximum Gasteiger partial charge on any atom is 0.455 e. The molecule has 0 unspecified atom stereocenters. The number of nitrogens with zero attached hydrogens (tertiary/aromatic N) is 2. The van der Waals surface area contributed by atoms with E-state index in [2.05, 4.69) is 5.10 Å². The smallest absolute Gasteiger partial charge is 0.266 e. The first-order valence-electron chi connectivity index (χ1n) is 3.67. The zero-order chi connectivity index (χ0) is 11.0. The van der Waals surface area contributed by atoms with Crippen molar-refractivity contribution in [1.82, 2.24) is 9.78 Å². The topological polar surface area (TPSA) is 17.8 Å². The molecule has 0 spiro atoms. The lowest BCUT2D eigenvalue weighted by atomic mass is 10.3. The highest BCUT2D eigenvalue weighted by molar-refractivity contribution is 4.95. The highest BCUT2D eigenvalue weighted by Crippen LogP contribution is 2.36. The largest absolute Gasteiger partial charge is 0.455 e. The molecule has 1 aromatic rings. The van der Waals surface area contributed by atoms with Gasteiger partial charge in [0.05, 0.1) is 5.69 Å². The van der Waals surface area contributed by atoms with Crippen LogP contribution in [0.1, 0.15) is 5.69 Å². The molecule has 0 saturated carbocycles. The fraction of sp³-hybridized carbons (Fsp3) is 0.571. The maximum atomic E-state index is 12.4. The molecule has 1 aromatic heterocycles. The van der Waals surface area contributed by atoms with Crippen molar-refractivity contribution in [2.75, 3.05) is 0 Å². The molecule has 80 valence electrons. The van der Waals surface area contributed by atoms with Crippen LogP contribution in [0.4, 0.5) is 22.0 Å². The van der Waals surface area contributed by atoms with Gasteiger partial charge in [0.25, 0.3) is 0 Å². The molecule has 0 saturated heterocycles. The fourth-order valence-corrected chi connectivity index (χ4v) is 0.844. The molecule has 0 N–H and O–H groups in total. The van der Waals surface area contributed by atoms with E-state index in [1.807, 2.05) is 0 Å². The van der Waals surface area contributed by atoms with Gasteiger partial charge < -0.3 is 0 Å². The van der Waals surface area contributed by atoms with Gasteiger partial charge in [-0.05, 0) is 13.0 Å². The van der Waals surface area contributed by atoms with Crippen LogP contribution in [0.15, 0.2) is 12.3 Å². The van der Waals surface area contributed by atoms with Crippen LogP contribution in [0.25, 0.3) is 0 Å². The molecule has 2 nitrogen and oxygen atoms in total. The van der Waals surface area contributed by atoms with E-state index in [9.17, 15) is 22.0 Å². The first-order chi connectivity index (χ1) is 6.22. The van der Waals surface area contributed by atoms with Gasteiger partial charge in [0.15, 0.2) is 0 Å². The Kier molecular flexibility index (Phi) is 2.51. The Morgan fingerprint density at radius 3 is 2.21 bits per heavy atom. The third-order valence-corrected chi connectivity index (χ3v) is 1.55. The summed E-state index contributed by atoms with van der Waals surface area (Å²) < 4.78 is 60.7. The number of hydrogen-bond acceptors (Lipinski definition) is 1. The summed E-state index contributed by atoms with van der Waals surface area (Å²) in [5, 5.41) is 3.45. The summed E-state index contributed by atoms with van der Waals surface area (Å²) in [7, 11) is 0. The van der Waals surface area contributed by atoms with Gasteiger partial charge in [-0.25, -0.2) is 0 Å². The van der Waals surface area contributed by atoms with Crippen LogP contribution in [0, 0.1) is 6.92 Å². The van der Waals surface area contributed by atoms with Crippen LogP contribution in [-0.2, 0) is 6.54 Å². The van der Waals surface area contributed by atoms with E-state index < -0.39 is 18.6 Å².